The van der Waals surface area contributed by atoms with Crippen molar-refractivity contribution in [2.24, 2.45) is 0 Å². The highest BCUT2D eigenvalue weighted by atomic mass is 35.5. The van der Waals surface area contributed by atoms with Crippen molar-refractivity contribution in [3.8, 4) is 0 Å². The Labute approximate surface area is 150 Å². The van der Waals surface area contributed by atoms with Crippen LogP contribution in [-0.2, 0) is 9.59 Å². The third-order valence-electron chi connectivity index (χ3n) is 3.79. The van der Waals surface area contributed by atoms with Gasteiger partial charge in [-0.15, -0.1) is 11.8 Å². The third-order valence-corrected chi connectivity index (χ3v) is 5.37. The molecule has 2 aromatic carbocycles. The predicted octanol–water partition coefficient (Wildman–Crippen LogP) is 3.86. The molecule has 1 saturated heterocycles. The van der Waals surface area contributed by atoms with Gasteiger partial charge in [-0.3, -0.25) is 9.59 Å². The second-order valence-electron chi connectivity index (χ2n) is 5.62. The van der Waals surface area contributed by atoms with Crippen LogP contribution in [0.1, 0.15) is 16.5 Å². The van der Waals surface area contributed by atoms with Gasteiger partial charge < -0.3 is 10.2 Å². The van der Waals surface area contributed by atoms with E-state index in [1.165, 1.54) is 11.8 Å². The molecule has 1 N–H and O–H groups in total. The number of benzene rings is 2. The molecule has 1 atom stereocenters. The fraction of sp³-hybridized carbons (Fsp3) is 0.222. The quantitative estimate of drug-likeness (QED) is 0.900. The molecule has 0 saturated carbocycles. The first kappa shape index (κ1) is 16.9. The first-order chi connectivity index (χ1) is 11.5. The number of carbonyl (C=O) groups excluding carboxylic acids is 2. The molecule has 124 valence electrons. The first-order valence-electron chi connectivity index (χ1n) is 7.56. The Morgan fingerprint density at radius 3 is 2.67 bits per heavy atom. The molecule has 2 aromatic rings. The molecule has 1 heterocycles. The molecule has 0 aromatic heterocycles. The fourth-order valence-corrected chi connectivity index (χ4v) is 4.08. The van der Waals surface area contributed by atoms with Crippen molar-refractivity contribution in [1.82, 2.24) is 4.90 Å². The van der Waals surface area contributed by atoms with Gasteiger partial charge in [0.1, 0.15) is 11.9 Å². The minimum absolute atomic E-state index is 0.00952. The maximum Gasteiger partial charge on any atom is 0.244 e. The molecular weight excluding hydrogens is 344 g/mol. The van der Waals surface area contributed by atoms with Gasteiger partial charge in [0, 0.05) is 16.3 Å². The largest absolute Gasteiger partial charge is 0.325 e. The van der Waals surface area contributed by atoms with Crippen LogP contribution in [0.5, 0.6) is 0 Å². The minimum atomic E-state index is -0.227. The number of thioether (sulfide) groups is 1. The molecular formula is C18H17ClN2O2S. The van der Waals surface area contributed by atoms with Crippen molar-refractivity contribution in [2.45, 2.75) is 12.3 Å². The number of rotatable bonds is 4. The number of nitrogens with one attached hydrogen (secondary N) is 1. The molecule has 3 rings (SSSR count). The summed E-state index contributed by atoms with van der Waals surface area (Å²) in [5, 5.41) is 3.21. The van der Waals surface area contributed by atoms with Gasteiger partial charge in [-0.05, 0) is 25.1 Å². The molecule has 0 spiro atoms. The summed E-state index contributed by atoms with van der Waals surface area (Å²) in [6.07, 6.45) is 0. The summed E-state index contributed by atoms with van der Waals surface area (Å²) in [6, 6.07) is 15.0. The summed E-state index contributed by atoms with van der Waals surface area (Å²) in [5.41, 5.74) is 2.70. The SMILES string of the molecule is Cc1ccc(NC(=O)CN2C(=O)CS[C@@H]2c2ccccc2Cl)cc1. The number of carbonyl (C=O) groups is 2. The van der Waals surface area contributed by atoms with Crippen molar-refractivity contribution in [3.05, 3.63) is 64.7 Å². The van der Waals surface area contributed by atoms with Crippen LogP contribution in [0.15, 0.2) is 48.5 Å². The van der Waals surface area contributed by atoms with Crippen molar-refractivity contribution in [2.75, 3.05) is 17.6 Å². The Bertz CT molecular complexity index is 764. The monoisotopic (exact) mass is 360 g/mol. The summed E-state index contributed by atoms with van der Waals surface area (Å²) in [6.45, 7) is 2.00. The molecule has 1 fully saturated rings. The van der Waals surface area contributed by atoms with Crippen molar-refractivity contribution < 1.29 is 9.59 Å². The highest BCUT2D eigenvalue weighted by Crippen LogP contribution is 2.41. The number of aryl methyl sites for hydroxylation is 1. The zero-order valence-corrected chi connectivity index (χ0v) is 14.7. The van der Waals surface area contributed by atoms with Crippen LogP contribution in [0.4, 0.5) is 5.69 Å². The van der Waals surface area contributed by atoms with E-state index in [1.54, 1.807) is 11.0 Å². The van der Waals surface area contributed by atoms with E-state index in [2.05, 4.69) is 5.32 Å². The average Bonchev–Trinajstić information content (AvgIpc) is 2.91. The van der Waals surface area contributed by atoms with E-state index in [0.717, 1.165) is 16.8 Å². The van der Waals surface area contributed by atoms with Gasteiger partial charge in [-0.25, -0.2) is 0 Å². The number of hydrogen-bond acceptors (Lipinski definition) is 3. The zero-order chi connectivity index (χ0) is 17.1. The standard InChI is InChI=1S/C18H17ClN2O2S/c1-12-6-8-13(9-7-12)20-16(22)10-21-17(23)11-24-18(21)14-4-2-3-5-15(14)19/h2-9,18H,10-11H2,1H3,(H,20,22)/t18-/m1/s1. The normalized spacial score (nSPS) is 17.2. The number of halogens is 1. The Morgan fingerprint density at radius 1 is 1.25 bits per heavy atom. The van der Waals surface area contributed by atoms with Crippen LogP contribution in [0.25, 0.3) is 0 Å². The van der Waals surface area contributed by atoms with E-state index in [-0.39, 0.29) is 23.7 Å². The Morgan fingerprint density at radius 2 is 1.96 bits per heavy atom. The van der Waals surface area contributed by atoms with Crippen LogP contribution < -0.4 is 5.32 Å². The molecule has 0 unspecified atom stereocenters. The van der Waals surface area contributed by atoms with Crippen LogP contribution in [-0.4, -0.2) is 29.0 Å². The van der Waals surface area contributed by atoms with E-state index in [4.69, 9.17) is 11.6 Å². The molecule has 24 heavy (non-hydrogen) atoms. The summed E-state index contributed by atoms with van der Waals surface area (Å²) in [5.74, 6) is 0.0870. The lowest BCUT2D eigenvalue weighted by atomic mass is 10.2. The molecule has 0 radical (unpaired) electrons. The van der Waals surface area contributed by atoms with Crippen LogP contribution in [0.2, 0.25) is 5.02 Å². The number of hydrogen-bond donors (Lipinski definition) is 1. The Hall–Kier alpha value is -1.98. The molecule has 0 bridgehead atoms. The lowest BCUT2D eigenvalue weighted by Gasteiger charge is -2.24. The predicted molar refractivity (Wildman–Crippen MR) is 98.2 cm³/mol. The highest BCUT2D eigenvalue weighted by Gasteiger charge is 2.35. The van der Waals surface area contributed by atoms with Gasteiger partial charge in [-0.1, -0.05) is 47.5 Å². The maximum atomic E-state index is 12.3. The second-order valence-corrected chi connectivity index (χ2v) is 7.10. The number of anilines is 1. The Kier molecular flexibility index (Phi) is 5.11. The van der Waals surface area contributed by atoms with E-state index in [1.807, 2.05) is 49.4 Å². The molecule has 2 amide bonds. The zero-order valence-electron chi connectivity index (χ0n) is 13.2. The topological polar surface area (TPSA) is 49.4 Å². The van der Waals surface area contributed by atoms with E-state index >= 15 is 0 Å². The van der Waals surface area contributed by atoms with Gasteiger partial charge in [0.2, 0.25) is 11.8 Å². The molecule has 1 aliphatic rings. The summed E-state index contributed by atoms with van der Waals surface area (Å²) < 4.78 is 0. The van der Waals surface area contributed by atoms with Gasteiger partial charge in [0.25, 0.3) is 0 Å². The van der Waals surface area contributed by atoms with E-state index in [9.17, 15) is 9.59 Å². The summed E-state index contributed by atoms with van der Waals surface area (Å²) in [7, 11) is 0. The van der Waals surface area contributed by atoms with Crippen LogP contribution in [0.3, 0.4) is 0 Å². The van der Waals surface area contributed by atoms with Crippen molar-refractivity contribution in [3.63, 3.8) is 0 Å². The van der Waals surface area contributed by atoms with E-state index < -0.39 is 0 Å². The second kappa shape index (κ2) is 7.28. The van der Waals surface area contributed by atoms with Crippen LogP contribution in [0, 0.1) is 6.92 Å². The fourth-order valence-electron chi connectivity index (χ4n) is 2.55. The lowest BCUT2D eigenvalue weighted by molar-refractivity contribution is -0.132. The number of amides is 2. The lowest BCUT2D eigenvalue weighted by Crippen LogP contribution is -2.36. The summed E-state index contributed by atoms with van der Waals surface area (Å²) in [4.78, 5) is 26.1. The van der Waals surface area contributed by atoms with Crippen LogP contribution >= 0.6 is 23.4 Å². The average molecular weight is 361 g/mol. The third kappa shape index (κ3) is 3.74. The molecule has 6 heteroatoms. The van der Waals surface area contributed by atoms with Crippen molar-refractivity contribution in [1.29, 1.82) is 0 Å². The smallest absolute Gasteiger partial charge is 0.244 e. The van der Waals surface area contributed by atoms with Gasteiger partial charge in [-0.2, -0.15) is 0 Å². The maximum absolute atomic E-state index is 12.3. The summed E-state index contributed by atoms with van der Waals surface area (Å²) >= 11 is 7.73. The van der Waals surface area contributed by atoms with Gasteiger partial charge in [0.15, 0.2) is 0 Å². The minimum Gasteiger partial charge on any atom is -0.325 e. The van der Waals surface area contributed by atoms with Gasteiger partial charge in [0.05, 0.1) is 5.75 Å². The van der Waals surface area contributed by atoms with Crippen molar-refractivity contribution >= 4 is 40.9 Å². The molecule has 4 nitrogen and oxygen atoms in total. The molecule has 0 aliphatic carbocycles. The number of nitrogens with zero attached hydrogens (tertiary/aromatic N) is 1. The Balaban J connectivity index is 1.72. The first-order valence-corrected chi connectivity index (χ1v) is 8.99. The van der Waals surface area contributed by atoms with Gasteiger partial charge >= 0.3 is 0 Å². The molecule has 1 aliphatic heterocycles. The highest BCUT2D eigenvalue weighted by molar-refractivity contribution is 8.00. The van der Waals surface area contributed by atoms with E-state index in [0.29, 0.717) is 10.8 Å².